The van der Waals surface area contributed by atoms with Gasteiger partial charge in [0.15, 0.2) is 6.61 Å². The van der Waals surface area contributed by atoms with Crippen LogP contribution in [0, 0.1) is 0 Å². The summed E-state index contributed by atoms with van der Waals surface area (Å²) < 4.78 is 10.0. The minimum Gasteiger partial charge on any atom is -0.482 e. The van der Waals surface area contributed by atoms with Crippen molar-refractivity contribution in [2.75, 3.05) is 19.1 Å². The third-order valence-electron chi connectivity index (χ3n) is 1.94. The molecule has 0 N–H and O–H groups in total. The maximum Gasteiger partial charge on any atom is 0.344 e. The van der Waals surface area contributed by atoms with Crippen molar-refractivity contribution in [3.63, 3.8) is 0 Å². The average Bonchev–Trinajstić information content (AvgIpc) is 2.35. The van der Waals surface area contributed by atoms with Crippen LogP contribution in [-0.4, -0.2) is 25.1 Å². The van der Waals surface area contributed by atoms with E-state index in [1.165, 1.54) is 0 Å². The van der Waals surface area contributed by atoms with Gasteiger partial charge < -0.3 is 9.47 Å². The van der Waals surface area contributed by atoms with Crippen molar-refractivity contribution in [2.45, 2.75) is 6.92 Å². The Balaban J connectivity index is 2.45. The Kier molecular flexibility index (Phi) is 6.18. The van der Waals surface area contributed by atoms with Crippen LogP contribution in [-0.2, 0) is 9.53 Å². The third kappa shape index (κ3) is 5.41. The first-order valence-electron chi connectivity index (χ1n) is 5.37. The Hall–Kier alpha value is -1.48. The Morgan fingerprint density at radius 1 is 1.35 bits per heavy atom. The van der Waals surface area contributed by atoms with E-state index in [2.05, 4.69) is 0 Å². The van der Waals surface area contributed by atoms with E-state index in [0.29, 0.717) is 18.2 Å². The van der Waals surface area contributed by atoms with Crippen molar-refractivity contribution < 1.29 is 14.3 Å². The molecule has 0 unspecified atom stereocenters. The summed E-state index contributed by atoms with van der Waals surface area (Å²) in [5, 5.41) is 0. The van der Waals surface area contributed by atoms with E-state index in [1.807, 2.05) is 24.3 Å². The van der Waals surface area contributed by atoms with Gasteiger partial charge in [-0.05, 0) is 24.6 Å². The zero-order chi connectivity index (χ0) is 12.5. The zero-order valence-corrected chi connectivity index (χ0v) is 10.4. The molecule has 0 atom stereocenters. The van der Waals surface area contributed by atoms with Gasteiger partial charge in [-0.15, -0.1) is 11.6 Å². The number of ether oxygens (including phenoxy) is 2. The van der Waals surface area contributed by atoms with E-state index >= 15 is 0 Å². The molecule has 1 rings (SSSR count). The third-order valence-corrected chi connectivity index (χ3v) is 2.12. The fourth-order valence-corrected chi connectivity index (χ4v) is 1.29. The molecular formula is C13H15ClO3. The van der Waals surface area contributed by atoms with Crippen LogP contribution in [0.15, 0.2) is 30.3 Å². The van der Waals surface area contributed by atoms with Crippen LogP contribution in [0.2, 0.25) is 0 Å². The van der Waals surface area contributed by atoms with Crippen LogP contribution in [0.25, 0.3) is 6.08 Å². The van der Waals surface area contributed by atoms with Crippen LogP contribution in [0.3, 0.4) is 0 Å². The van der Waals surface area contributed by atoms with E-state index in [0.717, 1.165) is 5.56 Å². The molecule has 0 radical (unpaired) electrons. The summed E-state index contributed by atoms with van der Waals surface area (Å²) in [7, 11) is 0. The summed E-state index contributed by atoms with van der Waals surface area (Å²) in [4.78, 5) is 11.1. The summed E-state index contributed by atoms with van der Waals surface area (Å²) >= 11 is 5.53. The number of carbonyl (C=O) groups is 1. The van der Waals surface area contributed by atoms with E-state index in [1.54, 1.807) is 19.1 Å². The highest BCUT2D eigenvalue weighted by Gasteiger charge is 2.02. The lowest BCUT2D eigenvalue weighted by molar-refractivity contribution is -0.145. The van der Waals surface area contributed by atoms with Crippen LogP contribution in [0.4, 0.5) is 0 Å². The first-order chi connectivity index (χ1) is 8.26. The molecule has 1 aromatic rings. The largest absolute Gasteiger partial charge is 0.482 e. The predicted molar refractivity (Wildman–Crippen MR) is 68.3 cm³/mol. The van der Waals surface area contributed by atoms with Gasteiger partial charge in [-0.2, -0.15) is 0 Å². The molecule has 0 aromatic heterocycles. The minimum atomic E-state index is -0.362. The van der Waals surface area contributed by atoms with Crippen molar-refractivity contribution >= 4 is 23.6 Å². The molecule has 4 heteroatoms. The second-order valence-electron chi connectivity index (χ2n) is 3.22. The van der Waals surface area contributed by atoms with E-state index < -0.39 is 0 Å². The maximum absolute atomic E-state index is 11.1. The van der Waals surface area contributed by atoms with Crippen molar-refractivity contribution in [3.8, 4) is 5.75 Å². The molecule has 0 amide bonds. The normalized spacial score (nSPS) is 10.5. The second-order valence-corrected chi connectivity index (χ2v) is 3.53. The topological polar surface area (TPSA) is 35.5 Å². The van der Waals surface area contributed by atoms with Crippen LogP contribution >= 0.6 is 11.6 Å². The van der Waals surface area contributed by atoms with Gasteiger partial charge in [0, 0.05) is 5.88 Å². The molecule has 0 bridgehead atoms. The van der Waals surface area contributed by atoms with Crippen LogP contribution in [0.1, 0.15) is 12.5 Å². The summed E-state index contributed by atoms with van der Waals surface area (Å²) in [6, 6.07) is 7.38. The monoisotopic (exact) mass is 254 g/mol. The molecule has 92 valence electrons. The Bertz CT molecular complexity index is 371. The highest BCUT2D eigenvalue weighted by Crippen LogP contribution is 2.13. The van der Waals surface area contributed by atoms with E-state index in [4.69, 9.17) is 21.1 Å². The van der Waals surface area contributed by atoms with E-state index in [9.17, 15) is 4.79 Å². The van der Waals surface area contributed by atoms with Crippen LogP contribution < -0.4 is 4.74 Å². The van der Waals surface area contributed by atoms with E-state index in [-0.39, 0.29) is 12.6 Å². The molecule has 0 spiro atoms. The molecule has 1 aromatic carbocycles. The van der Waals surface area contributed by atoms with Crippen molar-refractivity contribution in [1.29, 1.82) is 0 Å². The molecule has 17 heavy (non-hydrogen) atoms. The minimum absolute atomic E-state index is 0.0648. The fraction of sp³-hybridized carbons (Fsp3) is 0.308. The fourth-order valence-electron chi connectivity index (χ4n) is 1.20. The number of alkyl halides is 1. The number of rotatable bonds is 6. The summed E-state index contributed by atoms with van der Waals surface area (Å²) in [6.45, 7) is 2.06. The molecular weight excluding hydrogens is 240 g/mol. The molecule has 0 heterocycles. The molecule has 0 saturated heterocycles. The molecule has 0 fully saturated rings. The smallest absolute Gasteiger partial charge is 0.344 e. The number of benzene rings is 1. The first-order valence-corrected chi connectivity index (χ1v) is 5.90. The Morgan fingerprint density at radius 2 is 2.06 bits per heavy atom. The number of esters is 1. The highest BCUT2D eigenvalue weighted by molar-refractivity contribution is 6.19. The van der Waals surface area contributed by atoms with Gasteiger partial charge in [-0.25, -0.2) is 4.79 Å². The molecule has 3 nitrogen and oxygen atoms in total. The lowest BCUT2D eigenvalue weighted by Crippen LogP contribution is -2.14. The summed E-state index contributed by atoms with van der Waals surface area (Å²) in [5.41, 5.74) is 1.04. The van der Waals surface area contributed by atoms with Crippen molar-refractivity contribution in [2.24, 2.45) is 0 Å². The lowest BCUT2D eigenvalue weighted by Gasteiger charge is -2.05. The molecule has 0 aliphatic carbocycles. The van der Waals surface area contributed by atoms with Gasteiger partial charge in [0.05, 0.1) is 6.61 Å². The highest BCUT2D eigenvalue weighted by atomic mass is 35.5. The lowest BCUT2D eigenvalue weighted by atomic mass is 10.2. The SMILES string of the molecule is CCOC(=O)COc1ccc(C=CCCl)cc1. The van der Waals surface area contributed by atoms with Gasteiger partial charge >= 0.3 is 5.97 Å². The second kappa shape index (κ2) is 7.74. The van der Waals surface area contributed by atoms with Gasteiger partial charge in [0.25, 0.3) is 0 Å². The van der Waals surface area contributed by atoms with Crippen LogP contribution in [0.5, 0.6) is 5.75 Å². The standard InChI is InChI=1S/C13H15ClO3/c1-2-16-13(15)10-17-12-7-5-11(6-8-12)4-3-9-14/h3-8H,2,9-10H2,1H3. The van der Waals surface area contributed by atoms with Gasteiger partial charge in [-0.3, -0.25) is 0 Å². The van der Waals surface area contributed by atoms with Gasteiger partial charge in [0.1, 0.15) is 5.75 Å². The summed E-state index contributed by atoms with van der Waals surface area (Å²) in [6.07, 6.45) is 3.78. The molecule has 0 aliphatic rings. The average molecular weight is 255 g/mol. The van der Waals surface area contributed by atoms with Crippen molar-refractivity contribution in [3.05, 3.63) is 35.9 Å². The summed E-state index contributed by atoms with van der Waals surface area (Å²) in [5.74, 6) is 0.765. The number of allylic oxidation sites excluding steroid dienone is 1. The maximum atomic E-state index is 11.1. The predicted octanol–water partition coefficient (Wildman–Crippen LogP) is 2.88. The number of hydrogen-bond donors (Lipinski definition) is 0. The van der Waals surface area contributed by atoms with Gasteiger partial charge in [-0.1, -0.05) is 24.3 Å². The van der Waals surface area contributed by atoms with Crippen molar-refractivity contribution in [1.82, 2.24) is 0 Å². The number of halogens is 1. The number of hydrogen-bond acceptors (Lipinski definition) is 3. The Morgan fingerprint density at radius 3 is 2.65 bits per heavy atom. The molecule has 0 aliphatic heterocycles. The zero-order valence-electron chi connectivity index (χ0n) is 9.69. The quantitative estimate of drug-likeness (QED) is 0.578. The van der Waals surface area contributed by atoms with Gasteiger partial charge in [0.2, 0.25) is 0 Å². The Labute approximate surface area is 106 Å². The molecule has 0 saturated carbocycles. The first kappa shape index (κ1) is 13.6. The number of carbonyl (C=O) groups excluding carboxylic acids is 1.